The highest BCUT2D eigenvalue weighted by molar-refractivity contribution is 9.10. The molecule has 1 aliphatic rings. The van der Waals surface area contributed by atoms with Crippen molar-refractivity contribution in [2.75, 3.05) is 18.4 Å². The van der Waals surface area contributed by atoms with Crippen LogP contribution in [-0.2, 0) is 9.59 Å². The van der Waals surface area contributed by atoms with E-state index in [0.717, 1.165) is 0 Å². The molecule has 21 heavy (non-hydrogen) atoms. The summed E-state index contributed by atoms with van der Waals surface area (Å²) in [6.07, 6.45) is 0.194. The van der Waals surface area contributed by atoms with Crippen molar-refractivity contribution >= 4 is 39.4 Å². The summed E-state index contributed by atoms with van der Waals surface area (Å²) in [4.78, 5) is 36.4. The van der Waals surface area contributed by atoms with Gasteiger partial charge in [-0.05, 0) is 25.1 Å². The lowest BCUT2D eigenvalue weighted by atomic mass is 10.1. The summed E-state index contributed by atoms with van der Waals surface area (Å²) in [6, 6.07) is 4.47. The van der Waals surface area contributed by atoms with Crippen molar-refractivity contribution in [3.05, 3.63) is 28.2 Å². The van der Waals surface area contributed by atoms with Crippen LogP contribution in [0.2, 0.25) is 0 Å². The molecule has 1 atom stereocenters. The number of carbonyl (C=O) groups excluding carboxylic acids is 2. The van der Waals surface area contributed by atoms with Crippen LogP contribution in [0.3, 0.4) is 0 Å². The minimum Gasteiger partial charge on any atom is -0.478 e. The molecule has 112 valence electrons. The van der Waals surface area contributed by atoms with Gasteiger partial charge in [0.2, 0.25) is 11.8 Å². The van der Waals surface area contributed by atoms with Gasteiger partial charge in [-0.15, -0.1) is 0 Å². The summed E-state index contributed by atoms with van der Waals surface area (Å²) >= 11 is 3.21. The molecule has 6 nitrogen and oxygen atoms in total. The van der Waals surface area contributed by atoms with Crippen molar-refractivity contribution in [1.29, 1.82) is 0 Å². The molecule has 0 bridgehead atoms. The minimum absolute atomic E-state index is 0.0295. The van der Waals surface area contributed by atoms with Crippen LogP contribution in [0.4, 0.5) is 5.69 Å². The molecule has 0 saturated carbocycles. The molecular formula is C14H15BrN2O4. The topological polar surface area (TPSA) is 86.7 Å². The Morgan fingerprint density at radius 3 is 2.71 bits per heavy atom. The normalized spacial score (nSPS) is 17.9. The second-order valence-corrected chi connectivity index (χ2v) is 5.77. The maximum absolute atomic E-state index is 12.2. The van der Waals surface area contributed by atoms with Crippen LogP contribution in [0, 0.1) is 5.92 Å². The molecule has 1 aliphatic heterocycles. The van der Waals surface area contributed by atoms with Crippen LogP contribution < -0.4 is 5.32 Å². The molecule has 1 aromatic rings. The molecule has 1 fully saturated rings. The average Bonchev–Trinajstić information content (AvgIpc) is 2.79. The lowest BCUT2D eigenvalue weighted by Crippen LogP contribution is -2.28. The zero-order valence-electron chi connectivity index (χ0n) is 11.4. The number of aromatic carboxylic acids is 1. The van der Waals surface area contributed by atoms with Crippen LogP contribution in [0.25, 0.3) is 0 Å². The third kappa shape index (κ3) is 3.60. The Morgan fingerprint density at radius 2 is 2.14 bits per heavy atom. The van der Waals surface area contributed by atoms with Crippen LogP contribution in [-0.4, -0.2) is 40.9 Å². The Hall–Kier alpha value is -1.89. The number of benzene rings is 1. The summed E-state index contributed by atoms with van der Waals surface area (Å²) in [7, 11) is 0. The number of likely N-dealkylation sites (tertiary alicyclic amines) is 1. The number of halogens is 1. The second kappa shape index (κ2) is 6.26. The number of rotatable bonds is 4. The van der Waals surface area contributed by atoms with E-state index in [1.165, 1.54) is 12.1 Å². The fraction of sp³-hybridized carbons (Fsp3) is 0.357. The molecule has 0 aliphatic carbocycles. The quantitative estimate of drug-likeness (QED) is 0.865. The van der Waals surface area contributed by atoms with Gasteiger partial charge in [0.1, 0.15) is 0 Å². The molecule has 0 aromatic heterocycles. The second-order valence-electron chi connectivity index (χ2n) is 4.86. The Kier molecular flexibility index (Phi) is 4.62. The zero-order valence-corrected chi connectivity index (χ0v) is 13.0. The maximum Gasteiger partial charge on any atom is 0.335 e. The largest absolute Gasteiger partial charge is 0.478 e. The van der Waals surface area contributed by atoms with Gasteiger partial charge in [0.05, 0.1) is 11.5 Å². The standard InChI is InChI=1S/C14H15BrN2O4/c1-2-17-7-9(5-12(17)18)13(19)16-11-4-8(14(20)21)3-10(15)6-11/h3-4,6,9H,2,5,7H2,1H3,(H,16,19)(H,20,21). The molecule has 7 heteroatoms. The first-order valence-electron chi connectivity index (χ1n) is 6.53. The van der Waals surface area contributed by atoms with Crippen molar-refractivity contribution in [3.63, 3.8) is 0 Å². The predicted molar refractivity (Wildman–Crippen MR) is 80.1 cm³/mol. The molecule has 1 heterocycles. The fourth-order valence-electron chi connectivity index (χ4n) is 2.28. The number of carboxylic acid groups (broad SMARTS) is 1. The van der Waals surface area contributed by atoms with Crippen LogP contribution >= 0.6 is 15.9 Å². The van der Waals surface area contributed by atoms with Gasteiger partial charge in [0.15, 0.2) is 0 Å². The van der Waals surface area contributed by atoms with Gasteiger partial charge in [-0.1, -0.05) is 15.9 Å². The zero-order chi connectivity index (χ0) is 15.6. The summed E-state index contributed by atoms with van der Waals surface area (Å²) in [5, 5.41) is 11.7. The summed E-state index contributed by atoms with van der Waals surface area (Å²) < 4.78 is 0.565. The third-order valence-electron chi connectivity index (χ3n) is 3.38. The smallest absolute Gasteiger partial charge is 0.335 e. The number of carboxylic acids is 1. The molecule has 2 amide bonds. The van der Waals surface area contributed by atoms with Gasteiger partial charge in [0, 0.05) is 29.7 Å². The first-order chi connectivity index (χ1) is 9.90. The van der Waals surface area contributed by atoms with Crippen LogP contribution in [0.1, 0.15) is 23.7 Å². The summed E-state index contributed by atoms with van der Waals surface area (Å²) in [6.45, 7) is 2.86. The maximum atomic E-state index is 12.2. The molecular weight excluding hydrogens is 340 g/mol. The van der Waals surface area contributed by atoms with Crippen LogP contribution in [0.5, 0.6) is 0 Å². The Balaban J connectivity index is 2.10. The van der Waals surface area contributed by atoms with Gasteiger partial charge < -0.3 is 15.3 Å². The van der Waals surface area contributed by atoms with Crippen molar-refractivity contribution in [2.45, 2.75) is 13.3 Å². The molecule has 0 radical (unpaired) electrons. The average molecular weight is 355 g/mol. The molecule has 1 saturated heterocycles. The highest BCUT2D eigenvalue weighted by Gasteiger charge is 2.33. The molecule has 2 N–H and O–H groups in total. The van der Waals surface area contributed by atoms with Gasteiger partial charge >= 0.3 is 5.97 Å². The van der Waals surface area contributed by atoms with Crippen molar-refractivity contribution in [1.82, 2.24) is 4.90 Å². The number of anilines is 1. The van der Waals surface area contributed by atoms with Gasteiger partial charge in [-0.25, -0.2) is 4.79 Å². The first kappa shape index (κ1) is 15.5. The fourth-order valence-corrected chi connectivity index (χ4v) is 2.78. The Morgan fingerprint density at radius 1 is 1.43 bits per heavy atom. The Bertz CT molecular complexity index is 603. The lowest BCUT2D eigenvalue weighted by Gasteiger charge is -2.14. The highest BCUT2D eigenvalue weighted by atomic mass is 79.9. The monoisotopic (exact) mass is 354 g/mol. The van der Waals surface area contributed by atoms with E-state index in [0.29, 0.717) is 23.2 Å². The van der Waals surface area contributed by atoms with E-state index >= 15 is 0 Å². The minimum atomic E-state index is -1.07. The predicted octanol–water partition coefficient (Wildman–Crippen LogP) is 1.95. The number of nitrogens with one attached hydrogen (secondary N) is 1. The third-order valence-corrected chi connectivity index (χ3v) is 3.84. The number of carbonyl (C=O) groups is 3. The van der Waals surface area contributed by atoms with E-state index in [9.17, 15) is 14.4 Å². The molecule has 1 unspecified atom stereocenters. The number of amides is 2. The van der Waals surface area contributed by atoms with E-state index in [1.54, 1.807) is 11.0 Å². The van der Waals surface area contributed by atoms with E-state index in [2.05, 4.69) is 21.2 Å². The number of nitrogens with zero attached hydrogens (tertiary/aromatic N) is 1. The summed E-state index contributed by atoms with van der Waals surface area (Å²) in [5.74, 6) is -1.77. The lowest BCUT2D eigenvalue weighted by molar-refractivity contribution is -0.128. The van der Waals surface area contributed by atoms with Crippen molar-refractivity contribution in [3.8, 4) is 0 Å². The van der Waals surface area contributed by atoms with E-state index in [-0.39, 0.29) is 23.8 Å². The molecule has 0 spiro atoms. The van der Waals surface area contributed by atoms with Crippen LogP contribution in [0.15, 0.2) is 22.7 Å². The summed E-state index contributed by atoms with van der Waals surface area (Å²) in [5.41, 5.74) is 0.478. The van der Waals surface area contributed by atoms with Gasteiger partial charge in [0.25, 0.3) is 0 Å². The Labute approximate surface area is 130 Å². The molecule has 2 rings (SSSR count). The van der Waals surface area contributed by atoms with Gasteiger partial charge in [-0.2, -0.15) is 0 Å². The van der Waals surface area contributed by atoms with E-state index in [1.807, 2.05) is 6.92 Å². The highest BCUT2D eigenvalue weighted by Crippen LogP contribution is 2.23. The van der Waals surface area contributed by atoms with E-state index < -0.39 is 11.9 Å². The van der Waals surface area contributed by atoms with Crippen molar-refractivity contribution in [2.24, 2.45) is 5.92 Å². The van der Waals surface area contributed by atoms with Crippen molar-refractivity contribution < 1.29 is 19.5 Å². The molecule has 1 aromatic carbocycles. The first-order valence-corrected chi connectivity index (χ1v) is 7.32. The van der Waals surface area contributed by atoms with Gasteiger partial charge in [-0.3, -0.25) is 9.59 Å². The number of hydrogen-bond acceptors (Lipinski definition) is 3. The number of hydrogen-bond donors (Lipinski definition) is 2. The van der Waals surface area contributed by atoms with E-state index in [4.69, 9.17) is 5.11 Å². The SMILES string of the molecule is CCN1CC(C(=O)Nc2cc(Br)cc(C(=O)O)c2)CC1=O.